The molecule has 2 rings (SSSR count). The number of hydrogen-bond acceptors (Lipinski definition) is 3. The van der Waals surface area contributed by atoms with Crippen LogP contribution in [0.2, 0.25) is 0 Å². The van der Waals surface area contributed by atoms with E-state index in [1.807, 2.05) is 4.57 Å². The summed E-state index contributed by atoms with van der Waals surface area (Å²) in [4.78, 5) is 5.21. The summed E-state index contributed by atoms with van der Waals surface area (Å²) in [5, 5.41) is 3.05. The van der Waals surface area contributed by atoms with E-state index in [-0.39, 0.29) is 0 Å². The Balaban J connectivity index is 2.46. The van der Waals surface area contributed by atoms with Crippen molar-refractivity contribution in [3.63, 3.8) is 0 Å². The van der Waals surface area contributed by atoms with Crippen LogP contribution in [-0.2, 0) is 6.54 Å². The molecule has 1 aromatic rings. The molecule has 3 N–H and O–H groups in total. The fraction of sp³-hybridized carbons (Fsp3) is 0.286. The predicted octanol–water partition coefficient (Wildman–Crippen LogP) is 0.660. The number of aromatic nitrogens is 2. The molecule has 0 bridgehead atoms. The van der Waals surface area contributed by atoms with Crippen molar-refractivity contribution in [2.45, 2.75) is 13.0 Å². The largest absolute Gasteiger partial charge is 0.388 e. The summed E-state index contributed by atoms with van der Waals surface area (Å²) >= 11 is 9.92. The molecule has 1 aliphatic rings. The monoisotopic (exact) mass is 212 g/mol. The first kappa shape index (κ1) is 8.58. The molecular weight excluding hydrogens is 204 g/mol. The maximum atomic E-state index is 5.50. The third-order valence-electron chi connectivity index (χ3n) is 1.91. The zero-order valence-electron chi connectivity index (χ0n) is 6.78. The van der Waals surface area contributed by atoms with Crippen LogP contribution in [0, 0.1) is 0 Å². The molecule has 0 aliphatic carbocycles. The van der Waals surface area contributed by atoms with Crippen molar-refractivity contribution < 1.29 is 0 Å². The number of hydrogen-bond donors (Lipinski definition) is 2. The van der Waals surface area contributed by atoms with Crippen molar-refractivity contribution >= 4 is 40.2 Å². The highest BCUT2D eigenvalue weighted by molar-refractivity contribution is 7.81. The lowest BCUT2D eigenvalue weighted by molar-refractivity contribution is 0.719. The minimum atomic E-state index is 0.297. The number of nitrogens with one attached hydrogen (secondary N) is 1. The molecule has 1 aromatic heterocycles. The van der Waals surface area contributed by atoms with Crippen LogP contribution >= 0.6 is 24.4 Å². The molecule has 0 saturated heterocycles. The average molecular weight is 212 g/mol. The summed E-state index contributed by atoms with van der Waals surface area (Å²) in [6.07, 6.45) is 2.56. The Labute approximate surface area is 86.1 Å². The second kappa shape index (κ2) is 3.04. The number of nitrogens with two attached hydrogens (primary N) is 1. The number of fused-ring (bicyclic) bond motifs is 1. The van der Waals surface area contributed by atoms with Crippen LogP contribution in [0.1, 0.15) is 12.1 Å². The van der Waals surface area contributed by atoms with Crippen LogP contribution in [0.4, 0.5) is 5.82 Å². The van der Waals surface area contributed by atoms with Gasteiger partial charge in [-0.05, 0) is 0 Å². The highest BCUT2D eigenvalue weighted by Gasteiger charge is 2.18. The fourth-order valence-corrected chi connectivity index (χ4v) is 1.62. The fourth-order valence-electron chi connectivity index (χ4n) is 1.28. The zero-order valence-corrected chi connectivity index (χ0v) is 8.41. The van der Waals surface area contributed by atoms with Gasteiger partial charge in [0.1, 0.15) is 16.5 Å². The predicted molar refractivity (Wildman–Crippen MR) is 59.0 cm³/mol. The lowest BCUT2D eigenvalue weighted by atomic mass is 10.3. The van der Waals surface area contributed by atoms with E-state index in [0.29, 0.717) is 10.7 Å². The van der Waals surface area contributed by atoms with Crippen molar-refractivity contribution in [2.75, 3.05) is 5.32 Å². The molecule has 13 heavy (non-hydrogen) atoms. The maximum absolute atomic E-state index is 5.50. The van der Waals surface area contributed by atoms with Gasteiger partial charge < -0.3 is 15.6 Å². The molecule has 0 unspecified atom stereocenters. The second-order valence-electron chi connectivity index (χ2n) is 2.80. The molecule has 6 heteroatoms. The van der Waals surface area contributed by atoms with Gasteiger partial charge in [0.2, 0.25) is 0 Å². The number of aryl methyl sites for hydroxylation is 1. The van der Waals surface area contributed by atoms with E-state index in [1.54, 1.807) is 6.33 Å². The van der Waals surface area contributed by atoms with Crippen LogP contribution in [0.25, 0.3) is 0 Å². The van der Waals surface area contributed by atoms with Crippen molar-refractivity contribution in [3.05, 3.63) is 12.0 Å². The molecule has 4 nitrogen and oxygen atoms in total. The lowest BCUT2D eigenvalue weighted by Gasteiger charge is -2.17. The molecule has 0 saturated carbocycles. The summed E-state index contributed by atoms with van der Waals surface area (Å²) in [7, 11) is 0. The van der Waals surface area contributed by atoms with Crippen molar-refractivity contribution in [2.24, 2.45) is 5.73 Å². The summed E-state index contributed by atoms with van der Waals surface area (Å²) in [6, 6.07) is 0. The first-order chi connectivity index (χ1) is 6.18. The quantitative estimate of drug-likeness (QED) is 0.670. The van der Waals surface area contributed by atoms with Gasteiger partial charge in [-0.2, -0.15) is 0 Å². The third kappa shape index (κ3) is 1.42. The van der Waals surface area contributed by atoms with Gasteiger partial charge in [0.05, 0.1) is 11.3 Å². The normalized spacial score (nSPS) is 14.9. The van der Waals surface area contributed by atoms with Gasteiger partial charge in [-0.1, -0.05) is 24.4 Å². The molecule has 68 valence electrons. The van der Waals surface area contributed by atoms with E-state index in [4.69, 9.17) is 30.2 Å². The van der Waals surface area contributed by atoms with E-state index >= 15 is 0 Å². The molecule has 0 radical (unpaired) electrons. The number of imidazole rings is 1. The highest BCUT2D eigenvalue weighted by Crippen LogP contribution is 2.19. The Morgan fingerprint density at radius 3 is 3.15 bits per heavy atom. The van der Waals surface area contributed by atoms with Crippen LogP contribution in [0.3, 0.4) is 0 Å². The van der Waals surface area contributed by atoms with Crippen molar-refractivity contribution in [1.82, 2.24) is 9.55 Å². The summed E-state index contributed by atoms with van der Waals surface area (Å²) in [6.45, 7) is 0.844. The number of thiocarbonyl (C=S) groups is 2. The molecule has 2 heterocycles. The standard InChI is InChI=1S/C7H8N4S2/c8-6(13)5-7-10-4(12)1-2-11(7)3-9-5/h3H,1-2H2,(H2,8,13)(H,10,12). The van der Waals surface area contributed by atoms with Gasteiger partial charge in [0, 0.05) is 13.0 Å². The first-order valence-corrected chi connectivity index (χ1v) is 4.65. The van der Waals surface area contributed by atoms with Crippen molar-refractivity contribution in [3.8, 4) is 0 Å². The molecular formula is C7H8N4S2. The van der Waals surface area contributed by atoms with E-state index < -0.39 is 0 Å². The Bertz CT molecular complexity index is 382. The lowest BCUT2D eigenvalue weighted by Crippen LogP contribution is -2.23. The maximum Gasteiger partial charge on any atom is 0.141 e. The Kier molecular flexibility index (Phi) is 2.01. The van der Waals surface area contributed by atoms with E-state index in [1.165, 1.54) is 0 Å². The smallest absolute Gasteiger partial charge is 0.141 e. The SMILES string of the molecule is NC(=S)c1ncn2c1NC(=S)CC2. The van der Waals surface area contributed by atoms with Gasteiger partial charge in [-0.25, -0.2) is 4.98 Å². The third-order valence-corrected chi connectivity index (χ3v) is 2.41. The van der Waals surface area contributed by atoms with Crippen molar-refractivity contribution in [1.29, 1.82) is 0 Å². The van der Waals surface area contributed by atoms with E-state index in [2.05, 4.69) is 10.3 Å². The van der Waals surface area contributed by atoms with Gasteiger partial charge in [-0.3, -0.25) is 0 Å². The van der Waals surface area contributed by atoms with E-state index in [9.17, 15) is 0 Å². The van der Waals surface area contributed by atoms with Gasteiger partial charge in [0.15, 0.2) is 0 Å². The van der Waals surface area contributed by atoms with Gasteiger partial charge in [-0.15, -0.1) is 0 Å². The number of rotatable bonds is 1. The molecule has 0 atom stereocenters. The van der Waals surface area contributed by atoms with Gasteiger partial charge in [0.25, 0.3) is 0 Å². The van der Waals surface area contributed by atoms with Gasteiger partial charge >= 0.3 is 0 Å². The highest BCUT2D eigenvalue weighted by atomic mass is 32.1. The topological polar surface area (TPSA) is 55.9 Å². The molecule has 0 aromatic carbocycles. The Morgan fingerprint density at radius 2 is 2.46 bits per heavy atom. The summed E-state index contributed by atoms with van der Waals surface area (Å²) in [5.41, 5.74) is 6.12. The van der Waals surface area contributed by atoms with Crippen LogP contribution < -0.4 is 11.1 Å². The molecule has 0 fully saturated rings. The Hall–Kier alpha value is -1.01. The number of nitrogens with zero attached hydrogens (tertiary/aromatic N) is 2. The number of anilines is 1. The minimum absolute atomic E-state index is 0.297. The Morgan fingerprint density at radius 1 is 1.69 bits per heavy atom. The summed E-state index contributed by atoms with van der Waals surface area (Å²) in [5.74, 6) is 0.823. The average Bonchev–Trinajstić information content (AvgIpc) is 2.46. The molecule has 0 amide bonds. The van der Waals surface area contributed by atoms with Crippen LogP contribution in [0.5, 0.6) is 0 Å². The first-order valence-electron chi connectivity index (χ1n) is 3.83. The molecule has 0 spiro atoms. The van der Waals surface area contributed by atoms with E-state index in [0.717, 1.165) is 23.8 Å². The van der Waals surface area contributed by atoms with Crippen LogP contribution in [0.15, 0.2) is 6.33 Å². The molecule has 1 aliphatic heterocycles. The zero-order chi connectivity index (χ0) is 9.42. The minimum Gasteiger partial charge on any atom is -0.388 e. The second-order valence-corrected chi connectivity index (χ2v) is 3.73. The van der Waals surface area contributed by atoms with Crippen LogP contribution in [-0.4, -0.2) is 19.5 Å². The summed E-state index contributed by atoms with van der Waals surface area (Å²) < 4.78 is 1.96.